The van der Waals surface area contributed by atoms with Crippen molar-refractivity contribution in [3.63, 3.8) is 0 Å². The van der Waals surface area contributed by atoms with Crippen molar-refractivity contribution >= 4 is 55.6 Å². The number of hydrogen-bond acceptors (Lipinski definition) is 6. The molecule has 0 bridgehead atoms. The van der Waals surface area contributed by atoms with E-state index >= 15 is 0 Å². The Kier molecular flexibility index (Phi) is 18.2. The third-order valence-corrected chi connectivity index (χ3v) is 4.85. The number of aryl methyl sites for hydroxylation is 2. The van der Waals surface area contributed by atoms with E-state index in [1.54, 1.807) is 31.2 Å². The van der Waals surface area contributed by atoms with Crippen LogP contribution < -0.4 is 23.3 Å². The van der Waals surface area contributed by atoms with E-state index < -0.39 is 6.10 Å². The zero-order valence-corrected chi connectivity index (χ0v) is 26.4. The van der Waals surface area contributed by atoms with E-state index in [2.05, 4.69) is 48.6 Å². The molecule has 0 spiro atoms. The van der Waals surface area contributed by atoms with E-state index in [4.69, 9.17) is 9.47 Å². The van der Waals surface area contributed by atoms with Gasteiger partial charge in [0.2, 0.25) is 0 Å². The average Bonchev–Trinajstić information content (AvgIpc) is 2.75. The summed E-state index contributed by atoms with van der Waals surface area (Å²) in [7, 11) is 0. The fourth-order valence-corrected chi connectivity index (χ4v) is 3.12. The SMILES string of the molecule is CCOC(=O)COc1cc(C)c(CCN[C@@H](C)[C@H](O)c2ccc(O)cc2)cc1C.Cl.I[I-]I. The zero-order valence-electron chi connectivity index (χ0n) is 19.1. The molecule has 0 amide bonds. The van der Waals surface area contributed by atoms with E-state index in [0.29, 0.717) is 32.2 Å². The van der Waals surface area contributed by atoms with Gasteiger partial charge in [-0.15, -0.1) is 12.4 Å². The summed E-state index contributed by atoms with van der Waals surface area (Å²) in [6.45, 7) is 8.62. The molecule has 2 rings (SSSR count). The quantitative estimate of drug-likeness (QED) is 0.253. The number of halogens is 4. The van der Waals surface area contributed by atoms with Crippen molar-refractivity contribution in [1.82, 2.24) is 5.32 Å². The molecule has 2 atom stereocenters. The number of aromatic hydroxyl groups is 1. The molecule has 2 aromatic carbocycles. The summed E-state index contributed by atoms with van der Waals surface area (Å²) >= 11 is 5.30. The molecule has 0 aliphatic rings. The van der Waals surface area contributed by atoms with Gasteiger partial charge < -0.3 is 25.0 Å². The van der Waals surface area contributed by atoms with Crippen LogP contribution in [0, 0.1) is 13.8 Å². The first-order valence-corrected chi connectivity index (χ1v) is 22.8. The Morgan fingerprint density at radius 2 is 1.76 bits per heavy atom. The third-order valence-electron chi connectivity index (χ3n) is 4.85. The minimum atomic E-state index is -0.655. The molecule has 0 heterocycles. The average molecular weight is 819 g/mol. The molecule has 0 radical (unpaired) electrons. The van der Waals surface area contributed by atoms with Gasteiger partial charge in [0.1, 0.15) is 11.5 Å². The normalized spacial score (nSPS) is 12.1. The molecule has 0 aliphatic heterocycles. The molecule has 2 aromatic rings. The van der Waals surface area contributed by atoms with E-state index in [0.717, 1.165) is 23.1 Å². The summed E-state index contributed by atoms with van der Waals surface area (Å²) in [5, 5.41) is 23.2. The molecule has 0 fully saturated rings. The van der Waals surface area contributed by atoms with Gasteiger partial charge in [0.05, 0.1) is 12.7 Å². The van der Waals surface area contributed by atoms with E-state index in [1.807, 2.05) is 26.8 Å². The number of aliphatic hydroxyl groups is 1. The molecule has 0 saturated carbocycles. The summed E-state index contributed by atoms with van der Waals surface area (Å²) in [6, 6.07) is 10.5. The van der Waals surface area contributed by atoms with Crippen LogP contribution in [0.5, 0.6) is 11.5 Å². The van der Waals surface area contributed by atoms with Crippen molar-refractivity contribution in [2.24, 2.45) is 0 Å². The van der Waals surface area contributed by atoms with Crippen molar-refractivity contribution < 1.29 is 37.7 Å². The number of benzene rings is 2. The molecule has 3 N–H and O–H groups in total. The predicted octanol–water partition coefficient (Wildman–Crippen LogP) is 2.40. The van der Waals surface area contributed by atoms with Crippen LogP contribution in [0.2, 0.25) is 0 Å². The fourth-order valence-electron chi connectivity index (χ4n) is 3.12. The summed E-state index contributed by atoms with van der Waals surface area (Å²) in [5.74, 6) is 0.490. The second kappa shape index (κ2) is 18.2. The van der Waals surface area contributed by atoms with Crippen LogP contribution in [0.3, 0.4) is 0 Å². The molecule has 188 valence electrons. The number of carbonyl (C=O) groups excluding carboxylic acids is 1. The van der Waals surface area contributed by atoms with Crippen LogP contribution in [0.4, 0.5) is 0 Å². The maximum absolute atomic E-state index is 11.5. The summed E-state index contributed by atoms with van der Waals surface area (Å²) in [4.78, 5) is 11.5. The summed E-state index contributed by atoms with van der Waals surface area (Å²) in [6.07, 6.45) is 0.148. The first kappa shape index (κ1) is 32.9. The minimum absolute atomic E-state index is 0. The van der Waals surface area contributed by atoms with Gasteiger partial charge in [-0.05, 0) is 81.1 Å². The van der Waals surface area contributed by atoms with Gasteiger partial charge in [0.25, 0.3) is 0 Å². The molecule has 33 heavy (non-hydrogen) atoms. The number of rotatable bonds is 10. The van der Waals surface area contributed by atoms with Crippen molar-refractivity contribution in [2.75, 3.05) is 19.8 Å². The summed E-state index contributed by atoms with van der Waals surface area (Å²) < 4.78 is 10.5. The Labute approximate surface area is 232 Å². The maximum atomic E-state index is 11.5. The number of ether oxygens (including phenoxy) is 2. The molecule has 0 unspecified atom stereocenters. The number of hydrogen-bond donors (Lipinski definition) is 3. The second-order valence-corrected chi connectivity index (χ2v) is 23.5. The van der Waals surface area contributed by atoms with Crippen molar-refractivity contribution in [3.05, 3.63) is 58.7 Å². The Balaban J connectivity index is 0.00000242. The number of aliphatic hydroxyl groups excluding tert-OH is 1. The molecule has 10 heteroatoms. The zero-order chi connectivity index (χ0) is 24.1. The molecule has 6 nitrogen and oxygen atoms in total. The van der Waals surface area contributed by atoms with Gasteiger partial charge in [-0.25, -0.2) is 4.79 Å². The van der Waals surface area contributed by atoms with E-state index in [9.17, 15) is 15.0 Å². The van der Waals surface area contributed by atoms with E-state index in [1.165, 1.54) is 5.56 Å². The van der Waals surface area contributed by atoms with Crippen LogP contribution in [0.15, 0.2) is 36.4 Å². The topological polar surface area (TPSA) is 88.0 Å². The third kappa shape index (κ3) is 12.4. The number of carbonyl (C=O) groups is 1. The Bertz CT molecular complexity index is 840. The van der Waals surface area contributed by atoms with Crippen LogP contribution in [0.25, 0.3) is 0 Å². The van der Waals surface area contributed by atoms with Crippen LogP contribution in [0.1, 0.15) is 42.2 Å². The number of phenolic OH excluding ortho intramolecular Hbond substituents is 1. The van der Waals surface area contributed by atoms with Gasteiger partial charge in [-0.1, -0.05) is 18.2 Å². The fraction of sp³-hybridized carbons (Fsp3) is 0.435. The number of phenols is 1. The standard InChI is InChI=1S/C23H31NO5.ClH.I3/c1-5-28-22(26)14-29-21-13-15(2)19(12-16(21)3)10-11-24-17(4)23(27)18-6-8-20(25)9-7-18;;1-3-2/h6-9,12-13,17,23-25,27H,5,10-11,14H2,1-4H3;1H;/q;;-1/t17-,23-;;/m0../s1. The van der Waals surface area contributed by atoms with Gasteiger partial charge >= 0.3 is 56.5 Å². The molecular formula is C23H32ClI3NO5-. The second-order valence-electron chi connectivity index (χ2n) is 7.22. The molecule has 0 saturated heterocycles. The molecular weight excluding hydrogens is 786 g/mol. The Morgan fingerprint density at radius 3 is 2.33 bits per heavy atom. The van der Waals surface area contributed by atoms with Crippen molar-refractivity contribution in [1.29, 1.82) is 0 Å². The predicted molar refractivity (Wildman–Crippen MR) is 148 cm³/mol. The van der Waals surface area contributed by atoms with Gasteiger partial charge in [-0.3, -0.25) is 0 Å². The van der Waals surface area contributed by atoms with Crippen LogP contribution >= 0.6 is 49.6 Å². The van der Waals surface area contributed by atoms with Crippen molar-refractivity contribution in [3.8, 4) is 11.5 Å². The van der Waals surface area contributed by atoms with Gasteiger partial charge in [0.15, 0.2) is 6.61 Å². The van der Waals surface area contributed by atoms with Gasteiger partial charge in [0, 0.05) is 6.04 Å². The van der Waals surface area contributed by atoms with E-state index in [-0.39, 0.29) is 36.8 Å². The van der Waals surface area contributed by atoms with Crippen LogP contribution in [-0.2, 0) is 16.0 Å². The van der Waals surface area contributed by atoms with Crippen LogP contribution in [-0.4, -0.2) is 42.0 Å². The molecule has 0 aliphatic carbocycles. The Morgan fingerprint density at radius 1 is 1.15 bits per heavy atom. The Hall–Kier alpha value is -0.0900. The van der Waals surface area contributed by atoms with Gasteiger partial charge in [-0.2, -0.15) is 0 Å². The summed E-state index contributed by atoms with van der Waals surface area (Å²) in [5.41, 5.74) is 4.00. The number of esters is 1. The molecule has 0 aromatic heterocycles. The first-order chi connectivity index (χ1) is 15.2. The first-order valence-electron chi connectivity index (χ1n) is 10.2. The van der Waals surface area contributed by atoms with Crippen molar-refractivity contribution in [2.45, 2.75) is 46.3 Å². The monoisotopic (exact) mass is 818 g/mol. The number of nitrogens with one attached hydrogen (secondary N) is 1.